The number of carboxylic acid groups (broad SMARTS) is 2. The molecular formula is C9H18N2O4. The number of carboxylic acids is 2. The molecule has 0 saturated carbocycles. The molecule has 2 unspecified atom stereocenters. The molecule has 0 aromatic carbocycles. The monoisotopic (exact) mass is 218 g/mol. The predicted octanol–water partition coefficient (Wildman–Crippen LogP) is -0.239. The number of hydrogen-bond donors (Lipinski definition) is 4. The molecule has 6 N–H and O–H groups in total. The molecular weight excluding hydrogens is 200 g/mol. The molecule has 0 spiro atoms. The van der Waals surface area contributed by atoms with Crippen molar-refractivity contribution in [3.63, 3.8) is 0 Å². The number of carbonyl (C=O) groups is 2. The minimum atomic E-state index is -1.02. The minimum Gasteiger partial charge on any atom is -0.481 e. The molecule has 2 atom stereocenters. The van der Waals surface area contributed by atoms with Crippen LogP contribution in [-0.4, -0.2) is 34.2 Å². The molecule has 0 fully saturated rings. The fourth-order valence-electron chi connectivity index (χ4n) is 1.18. The molecule has 0 aliphatic heterocycles. The van der Waals surface area contributed by atoms with Crippen LogP contribution in [0.15, 0.2) is 0 Å². The van der Waals surface area contributed by atoms with Crippen LogP contribution in [0.4, 0.5) is 0 Å². The summed E-state index contributed by atoms with van der Waals surface area (Å²) in [7, 11) is 0. The lowest BCUT2D eigenvalue weighted by atomic mass is 10.0. The summed E-state index contributed by atoms with van der Waals surface area (Å²) >= 11 is 0. The van der Waals surface area contributed by atoms with Crippen LogP contribution < -0.4 is 11.5 Å². The molecule has 0 radical (unpaired) electrons. The van der Waals surface area contributed by atoms with E-state index in [1.54, 1.807) is 0 Å². The fourth-order valence-corrected chi connectivity index (χ4v) is 1.18. The summed E-state index contributed by atoms with van der Waals surface area (Å²) in [5.74, 6) is -1.89. The molecule has 0 aliphatic rings. The third-order valence-electron chi connectivity index (χ3n) is 2.14. The second-order valence-electron chi connectivity index (χ2n) is 3.57. The third kappa shape index (κ3) is 7.90. The first kappa shape index (κ1) is 13.9. The molecule has 6 heteroatoms. The molecule has 15 heavy (non-hydrogen) atoms. The zero-order valence-electron chi connectivity index (χ0n) is 8.56. The highest BCUT2D eigenvalue weighted by atomic mass is 16.4. The number of hydrogen-bond acceptors (Lipinski definition) is 4. The van der Waals surface area contributed by atoms with E-state index < -0.39 is 18.0 Å². The van der Waals surface area contributed by atoms with Gasteiger partial charge in [-0.1, -0.05) is 0 Å². The van der Waals surface area contributed by atoms with Crippen LogP contribution in [0, 0.1) is 0 Å². The van der Waals surface area contributed by atoms with Crippen molar-refractivity contribution >= 4 is 11.9 Å². The molecule has 6 nitrogen and oxygen atoms in total. The van der Waals surface area contributed by atoms with Crippen LogP contribution in [0.2, 0.25) is 0 Å². The summed E-state index contributed by atoms with van der Waals surface area (Å²) in [5, 5.41) is 16.9. The summed E-state index contributed by atoms with van der Waals surface area (Å²) in [6.07, 6.45) is 2.04. The smallest absolute Gasteiger partial charge is 0.320 e. The van der Waals surface area contributed by atoms with Gasteiger partial charge in [0.05, 0.1) is 0 Å². The largest absolute Gasteiger partial charge is 0.481 e. The highest BCUT2D eigenvalue weighted by molar-refractivity contribution is 5.72. The number of nitrogens with two attached hydrogens (primary N) is 2. The van der Waals surface area contributed by atoms with E-state index in [2.05, 4.69) is 0 Å². The lowest BCUT2D eigenvalue weighted by molar-refractivity contribution is -0.139. The van der Waals surface area contributed by atoms with Gasteiger partial charge in [0.15, 0.2) is 0 Å². The zero-order valence-corrected chi connectivity index (χ0v) is 8.56. The van der Waals surface area contributed by atoms with Crippen LogP contribution in [0.1, 0.15) is 32.1 Å². The van der Waals surface area contributed by atoms with Crippen LogP contribution in [0.3, 0.4) is 0 Å². The van der Waals surface area contributed by atoms with Crippen molar-refractivity contribution in [3.8, 4) is 0 Å². The van der Waals surface area contributed by atoms with Gasteiger partial charge < -0.3 is 21.7 Å². The molecule has 0 aromatic rings. The van der Waals surface area contributed by atoms with Gasteiger partial charge in [-0.05, 0) is 25.7 Å². The Morgan fingerprint density at radius 3 is 2.13 bits per heavy atom. The summed E-state index contributed by atoms with van der Waals surface area (Å²) in [6.45, 7) is 0. The first-order valence-electron chi connectivity index (χ1n) is 4.89. The van der Waals surface area contributed by atoms with Crippen molar-refractivity contribution < 1.29 is 19.8 Å². The van der Waals surface area contributed by atoms with Crippen molar-refractivity contribution in [2.24, 2.45) is 11.5 Å². The first-order valence-corrected chi connectivity index (χ1v) is 4.89. The molecule has 0 rings (SSSR count). The second kappa shape index (κ2) is 7.19. The number of rotatable bonds is 8. The van der Waals surface area contributed by atoms with E-state index in [9.17, 15) is 9.59 Å². The molecule has 0 amide bonds. The summed E-state index contributed by atoms with van der Waals surface area (Å²) < 4.78 is 0. The Hall–Kier alpha value is -1.14. The molecule has 0 bridgehead atoms. The topological polar surface area (TPSA) is 127 Å². The van der Waals surface area contributed by atoms with Crippen molar-refractivity contribution in [3.05, 3.63) is 0 Å². The highest BCUT2D eigenvalue weighted by Crippen LogP contribution is 2.06. The van der Waals surface area contributed by atoms with E-state index in [0.717, 1.165) is 0 Å². The Morgan fingerprint density at radius 2 is 1.67 bits per heavy atom. The Morgan fingerprint density at radius 1 is 1.07 bits per heavy atom. The minimum absolute atomic E-state index is 0.0478. The first-order chi connectivity index (χ1) is 6.93. The van der Waals surface area contributed by atoms with E-state index >= 15 is 0 Å². The summed E-state index contributed by atoms with van der Waals surface area (Å²) in [4.78, 5) is 20.6. The standard InChI is InChI=1S/C9H18N2O4/c10-6(4-5-8(12)13)2-1-3-7(11)9(14)15/h6-7H,1-5,10-11H2,(H,12,13)(H,14,15). The Labute approximate surface area is 88.3 Å². The van der Waals surface area contributed by atoms with Gasteiger partial charge in [-0.2, -0.15) is 0 Å². The van der Waals surface area contributed by atoms with E-state index in [1.807, 2.05) is 0 Å². The number of aliphatic carboxylic acids is 2. The maximum atomic E-state index is 10.4. The Balaban J connectivity index is 3.50. The van der Waals surface area contributed by atoms with Crippen LogP contribution in [0.5, 0.6) is 0 Å². The zero-order chi connectivity index (χ0) is 11.8. The van der Waals surface area contributed by atoms with Gasteiger partial charge in [-0.25, -0.2) is 0 Å². The normalized spacial score (nSPS) is 14.5. The predicted molar refractivity (Wildman–Crippen MR) is 54.3 cm³/mol. The van der Waals surface area contributed by atoms with Gasteiger partial charge in [0.1, 0.15) is 6.04 Å². The Kier molecular flexibility index (Phi) is 6.64. The van der Waals surface area contributed by atoms with Crippen molar-refractivity contribution in [2.45, 2.75) is 44.2 Å². The van der Waals surface area contributed by atoms with Gasteiger partial charge >= 0.3 is 11.9 Å². The molecule has 88 valence electrons. The van der Waals surface area contributed by atoms with Gasteiger partial charge in [-0.3, -0.25) is 9.59 Å². The molecule has 0 saturated heterocycles. The average molecular weight is 218 g/mol. The maximum Gasteiger partial charge on any atom is 0.320 e. The van der Waals surface area contributed by atoms with Gasteiger partial charge in [0, 0.05) is 12.5 Å². The van der Waals surface area contributed by atoms with Crippen LogP contribution in [0.25, 0.3) is 0 Å². The average Bonchev–Trinajstić information content (AvgIpc) is 2.14. The van der Waals surface area contributed by atoms with Crippen LogP contribution in [-0.2, 0) is 9.59 Å². The third-order valence-corrected chi connectivity index (χ3v) is 2.14. The molecule has 0 aliphatic carbocycles. The molecule has 0 aromatic heterocycles. The summed E-state index contributed by atoms with van der Waals surface area (Å²) in [6, 6.07) is -1.04. The van der Waals surface area contributed by atoms with Crippen molar-refractivity contribution in [2.75, 3.05) is 0 Å². The molecule has 0 heterocycles. The lowest BCUT2D eigenvalue weighted by Gasteiger charge is -2.11. The summed E-state index contributed by atoms with van der Waals surface area (Å²) in [5.41, 5.74) is 10.9. The van der Waals surface area contributed by atoms with E-state index in [1.165, 1.54) is 0 Å². The second-order valence-corrected chi connectivity index (χ2v) is 3.57. The van der Waals surface area contributed by atoms with Crippen molar-refractivity contribution in [1.82, 2.24) is 0 Å². The van der Waals surface area contributed by atoms with Gasteiger partial charge in [0.25, 0.3) is 0 Å². The SMILES string of the molecule is NC(CCCC(N)C(=O)O)CCC(=O)O. The lowest BCUT2D eigenvalue weighted by Crippen LogP contribution is -2.30. The Bertz CT molecular complexity index is 220. The van der Waals surface area contributed by atoms with E-state index in [0.29, 0.717) is 25.7 Å². The van der Waals surface area contributed by atoms with Gasteiger partial charge in [0.2, 0.25) is 0 Å². The van der Waals surface area contributed by atoms with E-state index in [-0.39, 0.29) is 12.5 Å². The highest BCUT2D eigenvalue weighted by Gasteiger charge is 2.12. The van der Waals surface area contributed by atoms with Crippen LogP contribution >= 0.6 is 0 Å². The maximum absolute atomic E-state index is 10.4. The van der Waals surface area contributed by atoms with Gasteiger partial charge in [-0.15, -0.1) is 0 Å². The quantitative estimate of drug-likeness (QED) is 0.445. The van der Waals surface area contributed by atoms with Crippen molar-refractivity contribution in [1.29, 1.82) is 0 Å². The van der Waals surface area contributed by atoms with E-state index in [4.69, 9.17) is 21.7 Å². The fraction of sp³-hybridized carbons (Fsp3) is 0.778.